The van der Waals surface area contributed by atoms with Crippen LogP contribution in [0.4, 0.5) is 10.5 Å². The van der Waals surface area contributed by atoms with Gasteiger partial charge in [-0.25, -0.2) is 14.3 Å². The van der Waals surface area contributed by atoms with Gasteiger partial charge in [0.1, 0.15) is 0 Å². The number of nitriles is 1. The third-order valence-electron chi connectivity index (χ3n) is 4.20. The zero-order valence-electron chi connectivity index (χ0n) is 13.5. The molecule has 0 unspecified atom stereocenters. The van der Waals surface area contributed by atoms with E-state index in [1.165, 1.54) is 14.3 Å². The fourth-order valence-electron chi connectivity index (χ4n) is 2.90. The minimum Gasteiger partial charge on any atom is -0.285 e. The minimum absolute atomic E-state index is 0.192. The Morgan fingerprint density at radius 2 is 1.77 bits per heavy atom. The van der Waals surface area contributed by atoms with E-state index in [2.05, 4.69) is 4.98 Å². The number of carbonyl (C=O) groups is 1. The average molecular weight is 366 g/mol. The molecule has 0 atom stereocenters. The minimum atomic E-state index is -0.478. The highest BCUT2D eigenvalue weighted by Crippen LogP contribution is 2.24. The van der Waals surface area contributed by atoms with Crippen LogP contribution in [0.3, 0.4) is 0 Å². The Balaban J connectivity index is 1.66. The van der Waals surface area contributed by atoms with Gasteiger partial charge in [-0.3, -0.25) is 4.90 Å². The van der Waals surface area contributed by atoms with E-state index in [4.69, 9.17) is 16.9 Å². The molecule has 3 aromatic rings. The van der Waals surface area contributed by atoms with E-state index in [-0.39, 0.29) is 19.1 Å². The molecule has 0 fully saturated rings. The third kappa shape index (κ3) is 2.66. The highest BCUT2D eigenvalue weighted by atomic mass is 35.5. The lowest BCUT2D eigenvalue weighted by Crippen LogP contribution is -2.34. The summed E-state index contributed by atoms with van der Waals surface area (Å²) in [6, 6.07) is 15.4. The Labute approximate surface area is 153 Å². The van der Waals surface area contributed by atoms with Gasteiger partial charge in [0.2, 0.25) is 0 Å². The van der Waals surface area contributed by atoms with E-state index < -0.39 is 5.69 Å². The predicted molar refractivity (Wildman–Crippen MR) is 95.2 cm³/mol. The second kappa shape index (κ2) is 6.17. The molecular formula is C18H12ClN5O2. The number of nitrogens with zero attached hydrogens (tertiary/aromatic N) is 5. The van der Waals surface area contributed by atoms with Gasteiger partial charge in [0.25, 0.3) is 0 Å². The molecule has 0 saturated heterocycles. The van der Waals surface area contributed by atoms with Crippen molar-refractivity contribution in [1.82, 2.24) is 14.3 Å². The Morgan fingerprint density at radius 3 is 2.42 bits per heavy atom. The first-order valence-corrected chi connectivity index (χ1v) is 8.20. The van der Waals surface area contributed by atoms with Crippen molar-refractivity contribution in [3.8, 4) is 6.07 Å². The SMILES string of the molecule is N#Cc1ccc(Cn2c(=O)nc3n2C(=O)N(c2ccc(Cl)cc2)C3)cc1. The van der Waals surface area contributed by atoms with E-state index in [1.54, 1.807) is 48.5 Å². The normalized spacial score (nSPS) is 12.9. The third-order valence-corrected chi connectivity index (χ3v) is 4.45. The number of amides is 1. The van der Waals surface area contributed by atoms with Crippen LogP contribution in [-0.4, -0.2) is 20.4 Å². The van der Waals surface area contributed by atoms with Crippen LogP contribution < -0.4 is 10.6 Å². The lowest BCUT2D eigenvalue weighted by Gasteiger charge is -2.15. The number of hydrogen-bond donors (Lipinski definition) is 0. The van der Waals surface area contributed by atoms with E-state index in [0.717, 1.165) is 5.56 Å². The second-order valence-electron chi connectivity index (χ2n) is 5.83. The smallest absolute Gasteiger partial charge is 0.285 e. The summed E-state index contributed by atoms with van der Waals surface area (Å²) in [6.45, 7) is 0.411. The maximum atomic E-state index is 12.8. The molecule has 128 valence electrons. The summed E-state index contributed by atoms with van der Waals surface area (Å²) in [6.07, 6.45) is 0. The standard InChI is InChI=1S/C18H12ClN5O2/c19-14-5-7-15(8-6-14)22-11-16-21-17(25)23(24(16)18(22)26)10-13-3-1-12(9-20)2-4-13/h1-8H,10-11H2. The molecule has 0 bridgehead atoms. The summed E-state index contributed by atoms with van der Waals surface area (Å²) in [5.41, 5.74) is 1.53. The summed E-state index contributed by atoms with van der Waals surface area (Å²) in [5, 5.41) is 9.45. The van der Waals surface area contributed by atoms with Gasteiger partial charge in [0.15, 0.2) is 5.82 Å². The van der Waals surface area contributed by atoms with Gasteiger partial charge >= 0.3 is 11.7 Å². The van der Waals surface area contributed by atoms with Crippen molar-refractivity contribution < 1.29 is 4.79 Å². The number of anilines is 1. The van der Waals surface area contributed by atoms with Crippen molar-refractivity contribution in [1.29, 1.82) is 5.26 Å². The fraction of sp³-hybridized carbons (Fsp3) is 0.111. The van der Waals surface area contributed by atoms with E-state index in [0.29, 0.717) is 22.1 Å². The van der Waals surface area contributed by atoms with Crippen molar-refractivity contribution >= 4 is 23.3 Å². The van der Waals surface area contributed by atoms with Crippen LogP contribution in [0.25, 0.3) is 0 Å². The van der Waals surface area contributed by atoms with Crippen LogP contribution in [0.1, 0.15) is 17.0 Å². The molecule has 1 aliphatic heterocycles. The lowest BCUT2D eigenvalue weighted by atomic mass is 10.1. The highest BCUT2D eigenvalue weighted by molar-refractivity contribution is 6.30. The molecule has 8 heteroatoms. The van der Waals surface area contributed by atoms with Crippen molar-refractivity contribution in [2.45, 2.75) is 13.1 Å². The number of carbonyl (C=O) groups excluding carboxylic acids is 1. The Kier molecular flexibility index (Phi) is 3.82. The number of fused-ring (bicyclic) bond motifs is 1. The van der Waals surface area contributed by atoms with Crippen molar-refractivity contribution in [3.63, 3.8) is 0 Å². The van der Waals surface area contributed by atoms with Crippen LogP contribution in [0.5, 0.6) is 0 Å². The number of benzene rings is 2. The molecule has 7 nitrogen and oxygen atoms in total. The largest absolute Gasteiger partial charge is 0.364 e. The fourth-order valence-corrected chi connectivity index (χ4v) is 3.02. The van der Waals surface area contributed by atoms with E-state index in [1.807, 2.05) is 6.07 Å². The van der Waals surface area contributed by atoms with Gasteiger partial charge in [0, 0.05) is 10.7 Å². The van der Waals surface area contributed by atoms with Crippen molar-refractivity contribution in [2.75, 3.05) is 4.90 Å². The Bertz CT molecular complexity index is 1090. The Hall–Kier alpha value is -3.37. The molecular weight excluding hydrogens is 354 g/mol. The van der Waals surface area contributed by atoms with Gasteiger partial charge in [-0.15, -0.1) is 0 Å². The highest BCUT2D eigenvalue weighted by Gasteiger charge is 2.33. The van der Waals surface area contributed by atoms with Crippen LogP contribution in [0.15, 0.2) is 53.3 Å². The predicted octanol–water partition coefficient (Wildman–Crippen LogP) is 2.61. The lowest BCUT2D eigenvalue weighted by molar-refractivity contribution is 0.244. The van der Waals surface area contributed by atoms with E-state index in [9.17, 15) is 9.59 Å². The van der Waals surface area contributed by atoms with Crippen LogP contribution in [0, 0.1) is 11.3 Å². The second-order valence-corrected chi connectivity index (χ2v) is 6.27. The molecule has 0 spiro atoms. The molecule has 2 aromatic carbocycles. The number of halogens is 1. The molecule has 2 heterocycles. The topological polar surface area (TPSA) is 83.9 Å². The van der Waals surface area contributed by atoms with Crippen LogP contribution in [-0.2, 0) is 13.1 Å². The maximum absolute atomic E-state index is 12.8. The van der Waals surface area contributed by atoms with Gasteiger partial charge < -0.3 is 0 Å². The summed E-state index contributed by atoms with van der Waals surface area (Å²) in [4.78, 5) is 30.6. The molecule has 0 N–H and O–H groups in total. The molecule has 26 heavy (non-hydrogen) atoms. The first kappa shape index (κ1) is 16.1. The molecule has 0 aliphatic carbocycles. The van der Waals surface area contributed by atoms with Gasteiger partial charge in [-0.2, -0.15) is 14.9 Å². The molecule has 4 rings (SSSR count). The zero-order chi connectivity index (χ0) is 18.3. The molecule has 1 amide bonds. The first-order valence-electron chi connectivity index (χ1n) is 7.82. The first-order chi connectivity index (χ1) is 12.6. The molecule has 1 aliphatic rings. The monoisotopic (exact) mass is 365 g/mol. The summed E-state index contributed by atoms with van der Waals surface area (Å²) in [7, 11) is 0. The zero-order valence-corrected chi connectivity index (χ0v) is 14.2. The molecule has 0 radical (unpaired) electrons. The summed E-state index contributed by atoms with van der Waals surface area (Å²) >= 11 is 5.89. The average Bonchev–Trinajstić information content (AvgIpc) is 3.12. The Morgan fingerprint density at radius 1 is 1.08 bits per heavy atom. The number of rotatable bonds is 3. The van der Waals surface area contributed by atoms with Gasteiger partial charge in [-0.05, 0) is 42.0 Å². The van der Waals surface area contributed by atoms with Crippen LogP contribution in [0.2, 0.25) is 5.02 Å². The quantitative estimate of drug-likeness (QED) is 0.714. The molecule has 0 saturated carbocycles. The van der Waals surface area contributed by atoms with Gasteiger partial charge in [-0.1, -0.05) is 23.7 Å². The number of hydrogen-bond acceptors (Lipinski definition) is 4. The van der Waals surface area contributed by atoms with E-state index >= 15 is 0 Å². The maximum Gasteiger partial charge on any atom is 0.364 e. The van der Waals surface area contributed by atoms with Gasteiger partial charge in [0.05, 0.1) is 24.7 Å². The summed E-state index contributed by atoms with van der Waals surface area (Å²) < 4.78 is 2.60. The van der Waals surface area contributed by atoms with Crippen molar-refractivity contribution in [2.24, 2.45) is 0 Å². The van der Waals surface area contributed by atoms with Crippen LogP contribution >= 0.6 is 11.6 Å². The van der Waals surface area contributed by atoms with Crippen molar-refractivity contribution in [3.05, 3.63) is 81.0 Å². The number of aromatic nitrogens is 3. The molecule has 1 aromatic heterocycles. The summed E-state index contributed by atoms with van der Waals surface area (Å²) in [5.74, 6) is 0.392.